The molecule has 29 heavy (non-hydrogen) atoms. The molecule has 1 aliphatic rings. The number of hydrogen-bond donors (Lipinski definition) is 0. The zero-order valence-electron chi connectivity index (χ0n) is 16.8. The molecule has 6 heteroatoms. The molecule has 1 saturated carbocycles. The molecule has 0 atom stereocenters. The molecule has 1 fully saturated rings. The fraction of sp³-hybridized carbons (Fsp3) is 0.348. The molecule has 0 N–H and O–H groups in total. The van der Waals surface area contributed by atoms with Gasteiger partial charge < -0.3 is 14.3 Å². The van der Waals surface area contributed by atoms with Gasteiger partial charge in [-0.2, -0.15) is 0 Å². The van der Waals surface area contributed by atoms with Crippen molar-refractivity contribution < 1.29 is 28.2 Å². The highest BCUT2D eigenvalue weighted by Crippen LogP contribution is 2.26. The highest BCUT2D eigenvalue weighted by Gasteiger charge is 2.10. The maximum atomic E-state index is 12.1. The standard InChI is InChI=1S/C9H10O3.C7H5FO.C7H12O/c1-11-8-4-3-7(6-10)5-9(8)12-2;8-7-3-1-6(5-9)2-4-7;8-6-7-4-2-1-3-5-7/h3-6H,1-2H3;1-5H;6-7H,1-5H2. The lowest BCUT2D eigenvalue weighted by atomic mass is 9.91. The van der Waals surface area contributed by atoms with Crippen LogP contribution < -0.4 is 9.47 Å². The Bertz CT molecular complexity index is 752. The molecule has 1 aliphatic carbocycles. The van der Waals surface area contributed by atoms with Crippen LogP contribution in [0.1, 0.15) is 52.8 Å². The normalized spacial score (nSPS) is 12.9. The quantitative estimate of drug-likeness (QED) is 0.664. The van der Waals surface area contributed by atoms with Crippen LogP contribution in [0.2, 0.25) is 0 Å². The van der Waals surface area contributed by atoms with Crippen molar-refractivity contribution in [1.82, 2.24) is 0 Å². The van der Waals surface area contributed by atoms with Crippen LogP contribution in [0.5, 0.6) is 11.5 Å². The summed E-state index contributed by atoms with van der Waals surface area (Å²) in [4.78, 5) is 30.5. The van der Waals surface area contributed by atoms with Gasteiger partial charge in [-0.15, -0.1) is 0 Å². The first-order valence-electron chi connectivity index (χ1n) is 9.41. The molecule has 0 unspecified atom stereocenters. The summed E-state index contributed by atoms with van der Waals surface area (Å²) < 4.78 is 22.1. The zero-order chi connectivity index (χ0) is 21.5. The number of methoxy groups -OCH3 is 2. The van der Waals surface area contributed by atoms with Crippen molar-refractivity contribution in [2.75, 3.05) is 14.2 Å². The van der Waals surface area contributed by atoms with E-state index in [0.29, 0.717) is 34.8 Å². The van der Waals surface area contributed by atoms with Crippen molar-refractivity contribution in [3.63, 3.8) is 0 Å². The van der Waals surface area contributed by atoms with Crippen molar-refractivity contribution in [3.8, 4) is 11.5 Å². The summed E-state index contributed by atoms with van der Waals surface area (Å²) in [6.45, 7) is 0. The minimum absolute atomic E-state index is 0.319. The van der Waals surface area contributed by atoms with Gasteiger partial charge in [-0.3, -0.25) is 9.59 Å². The van der Waals surface area contributed by atoms with Gasteiger partial charge in [0.15, 0.2) is 11.5 Å². The Hall–Kier alpha value is -3.02. The molecule has 0 spiro atoms. The number of carbonyl (C=O) groups is 3. The summed E-state index contributed by atoms with van der Waals surface area (Å²) in [5.41, 5.74) is 1.07. The molecular formula is C23H27FO5. The zero-order valence-corrected chi connectivity index (χ0v) is 16.8. The van der Waals surface area contributed by atoms with Crippen molar-refractivity contribution in [2.24, 2.45) is 5.92 Å². The van der Waals surface area contributed by atoms with Crippen LogP contribution in [-0.2, 0) is 4.79 Å². The highest BCUT2D eigenvalue weighted by molar-refractivity contribution is 5.76. The van der Waals surface area contributed by atoms with E-state index in [9.17, 15) is 18.8 Å². The third-order valence-corrected chi connectivity index (χ3v) is 4.39. The van der Waals surface area contributed by atoms with Crippen LogP contribution in [0, 0.1) is 11.7 Å². The lowest BCUT2D eigenvalue weighted by molar-refractivity contribution is -0.111. The SMILES string of the molecule is COc1ccc(C=O)cc1OC.O=CC1CCCCC1.O=Cc1ccc(F)cc1. The monoisotopic (exact) mass is 402 g/mol. The van der Waals surface area contributed by atoms with Gasteiger partial charge in [-0.1, -0.05) is 19.3 Å². The lowest BCUT2D eigenvalue weighted by Gasteiger charge is -2.14. The third-order valence-electron chi connectivity index (χ3n) is 4.39. The second-order valence-electron chi connectivity index (χ2n) is 6.44. The highest BCUT2D eigenvalue weighted by atomic mass is 19.1. The van der Waals surface area contributed by atoms with Crippen molar-refractivity contribution >= 4 is 18.9 Å². The van der Waals surface area contributed by atoms with E-state index in [1.165, 1.54) is 50.6 Å². The molecule has 0 saturated heterocycles. The number of aldehydes is 3. The van der Waals surface area contributed by atoms with Gasteiger partial charge in [0.25, 0.3) is 0 Å². The Balaban J connectivity index is 0.000000223. The Morgan fingerprint density at radius 3 is 1.79 bits per heavy atom. The van der Waals surface area contributed by atoms with E-state index in [0.717, 1.165) is 25.4 Å². The minimum Gasteiger partial charge on any atom is -0.493 e. The average molecular weight is 402 g/mol. The smallest absolute Gasteiger partial charge is 0.161 e. The molecule has 156 valence electrons. The number of rotatable bonds is 5. The second-order valence-corrected chi connectivity index (χ2v) is 6.44. The van der Waals surface area contributed by atoms with Gasteiger partial charge in [0.1, 0.15) is 24.7 Å². The van der Waals surface area contributed by atoms with Crippen LogP contribution in [0.15, 0.2) is 42.5 Å². The maximum absolute atomic E-state index is 12.1. The van der Waals surface area contributed by atoms with Gasteiger partial charge in [0, 0.05) is 17.0 Å². The Morgan fingerprint density at radius 1 is 0.793 bits per heavy atom. The Labute approximate surface area is 170 Å². The van der Waals surface area contributed by atoms with Gasteiger partial charge in [0.2, 0.25) is 0 Å². The van der Waals surface area contributed by atoms with Crippen molar-refractivity contribution in [2.45, 2.75) is 32.1 Å². The topological polar surface area (TPSA) is 69.7 Å². The van der Waals surface area contributed by atoms with E-state index < -0.39 is 0 Å². The van der Waals surface area contributed by atoms with Gasteiger partial charge in [-0.05, 0) is 55.3 Å². The number of ether oxygens (including phenoxy) is 2. The first-order valence-corrected chi connectivity index (χ1v) is 9.41. The van der Waals surface area contributed by atoms with Crippen LogP contribution in [0.25, 0.3) is 0 Å². The molecule has 5 nitrogen and oxygen atoms in total. The van der Waals surface area contributed by atoms with E-state index in [1.807, 2.05) is 0 Å². The maximum Gasteiger partial charge on any atom is 0.161 e. The van der Waals surface area contributed by atoms with E-state index in [1.54, 1.807) is 25.3 Å². The van der Waals surface area contributed by atoms with Crippen LogP contribution in [-0.4, -0.2) is 33.1 Å². The van der Waals surface area contributed by atoms with Crippen LogP contribution >= 0.6 is 0 Å². The van der Waals surface area contributed by atoms with Crippen LogP contribution in [0.3, 0.4) is 0 Å². The van der Waals surface area contributed by atoms with E-state index in [4.69, 9.17) is 9.47 Å². The summed E-state index contributed by atoms with van der Waals surface area (Å²) in [5.74, 6) is 1.29. The third kappa shape index (κ3) is 9.14. The molecule has 0 radical (unpaired) electrons. The number of halogens is 1. The first kappa shape index (κ1) is 24.0. The average Bonchev–Trinajstić information content (AvgIpc) is 2.80. The van der Waals surface area contributed by atoms with E-state index in [2.05, 4.69) is 0 Å². The summed E-state index contributed by atoms with van der Waals surface area (Å²) in [7, 11) is 3.09. The minimum atomic E-state index is -0.319. The molecule has 3 rings (SSSR count). The number of carbonyl (C=O) groups excluding carboxylic acids is 3. The largest absolute Gasteiger partial charge is 0.493 e. The van der Waals surface area contributed by atoms with Gasteiger partial charge in [-0.25, -0.2) is 4.39 Å². The molecule has 0 aliphatic heterocycles. The molecule has 0 heterocycles. The molecule has 0 amide bonds. The van der Waals surface area contributed by atoms with Crippen molar-refractivity contribution in [1.29, 1.82) is 0 Å². The number of benzene rings is 2. The summed E-state index contributed by atoms with van der Waals surface area (Å²) in [6.07, 6.45) is 8.71. The van der Waals surface area contributed by atoms with Crippen molar-refractivity contribution in [3.05, 3.63) is 59.4 Å². The summed E-state index contributed by atoms with van der Waals surface area (Å²) >= 11 is 0. The fourth-order valence-corrected chi connectivity index (χ4v) is 2.74. The van der Waals surface area contributed by atoms with Gasteiger partial charge >= 0.3 is 0 Å². The lowest BCUT2D eigenvalue weighted by Crippen LogP contribution is -2.06. The van der Waals surface area contributed by atoms with Crippen LogP contribution in [0.4, 0.5) is 4.39 Å². The number of hydrogen-bond acceptors (Lipinski definition) is 5. The second kappa shape index (κ2) is 14.0. The molecular weight excluding hydrogens is 375 g/mol. The van der Waals surface area contributed by atoms with E-state index in [-0.39, 0.29) is 5.82 Å². The molecule has 0 aromatic heterocycles. The molecule has 2 aromatic carbocycles. The fourth-order valence-electron chi connectivity index (χ4n) is 2.74. The molecule has 0 bridgehead atoms. The Kier molecular flexibility index (Phi) is 11.6. The summed E-state index contributed by atoms with van der Waals surface area (Å²) in [6, 6.07) is 10.4. The Morgan fingerprint density at radius 2 is 1.34 bits per heavy atom. The van der Waals surface area contributed by atoms with Gasteiger partial charge in [0.05, 0.1) is 14.2 Å². The molecule has 2 aromatic rings. The first-order chi connectivity index (χ1) is 14.1. The predicted octanol–water partition coefficient (Wildman–Crippen LogP) is 4.92. The summed E-state index contributed by atoms with van der Waals surface area (Å²) in [5, 5.41) is 0. The predicted molar refractivity (Wildman–Crippen MR) is 109 cm³/mol. The van der Waals surface area contributed by atoms with E-state index >= 15 is 0 Å².